The van der Waals surface area contributed by atoms with Crippen molar-refractivity contribution in [3.8, 4) is 0 Å². The van der Waals surface area contributed by atoms with Gasteiger partial charge in [-0.2, -0.15) is 0 Å². The van der Waals surface area contributed by atoms with E-state index in [4.69, 9.17) is 9.84 Å². The average molecular weight is 667 g/mol. The molecule has 0 aromatic heterocycles. The topological polar surface area (TPSA) is 125 Å². The molecule has 47 heavy (non-hydrogen) atoms. The van der Waals surface area contributed by atoms with Gasteiger partial charge >= 0.3 is 18.0 Å². The molecule has 8 nitrogen and oxygen atoms in total. The molecule has 8 heteroatoms. The zero-order chi connectivity index (χ0) is 34.6. The number of rotatable bonds is 35. The molecule has 0 aliphatic carbocycles. The first-order chi connectivity index (χ1) is 22.9. The lowest BCUT2D eigenvalue weighted by Gasteiger charge is -2.22. The molecule has 0 aliphatic rings. The van der Waals surface area contributed by atoms with Crippen LogP contribution in [0.3, 0.4) is 0 Å². The molecule has 0 aliphatic heterocycles. The van der Waals surface area contributed by atoms with Crippen LogP contribution in [0.15, 0.2) is 12.2 Å². The lowest BCUT2D eigenvalue weighted by atomic mass is 10.0. The van der Waals surface area contributed by atoms with Crippen molar-refractivity contribution >= 4 is 18.0 Å². The van der Waals surface area contributed by atoms with Crippen molar-refractivity contribution in [3.63, 3.8) is 0 Å². The predicted octanol–water partition coefficient (Wildman–Crippen LogP) is 10.2. The molecule has 0 fully saturated rings. The number of carboxylic acid groups (broad SMARTS) is 1. The van der Waals surface area contributed by atoms with E-state index in [0.717, 1.165) is 38.5 Å². The van der Waals surface area contributed by atoms with Crippen LogP contribution in [0.4, 0.5) is 4.79 Å². The number of esters is 1. The summed E-state index contributed by atoms with van der Waals surface area (Å²) in [5.74, 6) is -1.75. The highest BCUT2D eigenvalue weighted by Gasteiger charge is 2.21. The lowest BCUT2D eigenvalue weighted by molar-refractivity contribution is -0.148. The van der Waals surface area contributed by atoms with Crippen LogP contribution in [0.2, 0.25) is 0 Å². The molecule has 0 aromatic carbocycles. The van der Waals surface area contributed by atoms with Gasteiger partial charge in [-0.25, -0.2) is 4.79 Å². The molecule has 2 amide bonds. The Morgan fingerprint density at radius 1 is 0.617 bits per heavy atom. The number of amides is 2. The van der Waals surface area contributed by atoms with E-state index in [9.17, 15) is 19.5 Å². The molecule has 0 rings (SSSR count). The minimum absolute atomic E-state index is 0.227. The smallest absolute Gasteiger partial charge is 0.315 e. The molecule has 2 atom stereocenters. The van der Waals surface area contributed by atoms with Gasteiger partial charge in [-0.3, -0.25) is 9.59 Å². The Morgan fingerprint density at radius 3 is 1.49 bits per heavy atom. The first-order valence-corrected chi connectivity index (χ1v) is 19.7. The van der Waals surface area contributed by atoms with Crippen molar-refractivity contribution in [2.45, 2.75) is 206 Å². The number of aliphatic hydroxyl groups excluding tert-OH is 1. The van der Waals surface area contributed by atoms with E-state index in [-0.39, 0.29) is 19.4 Å². The highest BCUT2D eigenvalue weighted by atomic mass is 16.5. The Bertz CT molecular complexity index is 760. The van der Waals surface area contributed by atoms with E-state index >= 15 is 0 Å². The van der Waals surface area contributed by atoms with E-state index < -0.39 is 30.1 Å². The molecule has 0 heterocycles. The molecule has 0 bridgehead atoms. The fourth-order valence-electron chi connectivity index (χ4n) is 5.73. The largest absolute Gasteiger partial charge is 0.481 e. The predicted molar refractivity (Wildman–Crippen MR) is 195 cm³/mol. The Hall–Kier alpha value is -2.09. The first-order valence-electron chi connectivity index (χ1n) is 19.7. The van der Waals surface area contributed by atoms with Crippen LogP contribution >= 0.6 is 0 Å². The van der Waals surface area contributed by atoms with Crippen LogP contribution in [0.25, 0.3) is 0 Å². The van der Waals surface area contributed by atoms with Gasteiger partial charge in [0, 0.05) is 6.54 Å². The van der Waals surface area contributed by atoms with Gasteiger partial charge in [0.15, 0.2) is 0 Å². The number of carboxylic acids is 1. The summed E-state index contributed by atoms with van der Waals surface area (Å²) in [4.78, 5) is 35.3. The molecule has 4 N–H and O–H groups in total. The third-order valence-electron chi connectivity index (χ3n) is 8.82. The SMILES string of the molecule is CCCCCCCCCCCCC/C=C/[C@@H](O)[C@H](COC(=O)CCC(=O)O)NC(=O)NCCCCCCCCCCCCCCCC. The summed E-state index contributed by atoms with van der Waals surface area (Å²) < 4.78 is 5.19. The number of aliphatic carboxylic acids is 1. The summed E-state index contributed by atoms with van der Waals surface area (Å²) in [6.45, 7) is 4.82. The summed E-state index contributed by atoms with van der Waals surface area (Å²) >= 11 is 0. The summed E-state index contributed by atoms with van der Waals surface area (Å²) in [6.07, 6.45) is 34.7. The van der Waals surface area contributed by atoms with Gasteiger partial charge in [-0.15, -0.1) is 0 Å². The molecule has 0 saturated heterocycles. The number of carbonyl (C=O) groups excluding carboxylic acids is 2. The zero-order valence-electron chi connectivity index (χ0n) is 30.6. The van der Waals surface area contributed by atoms with Crippen LogP contribution < -0.4 is 10.6 Å². The second-order valence-electron chi connectivity index (χ2n) is 13.4. The fourth-order valence-corrected chi connectivity index (χ4v) is 5.73. The Kier molecular flexibility index (Phi) is 33.7. The van der Waals surface area contributed by atoms with Crippen LogP contribution in [0.5, 0.6) is 0 Å². The maximum atomic E-state index is 12.6. The Balaban J connectivity index is 4.22. The van der Waals surface area contributed by atoms with Gasteiger partial charge in [0.25, 0.3) is 0 Å². The number of urea groups is 1. The molecule has 276 valence electrons. The van der Waals surface area contributed by atoms with Gasteiger partial charge in [0.2, 0.25) is 0 Å². The number of nitrogens with one attached hydrogen (secondary N) is 2. The van der Waals surface area contributed by atoms with Crippen LogP contribution in [-0.2, 0) is 14.3 Å². The Labute approximate surface area is 288 Å². The fraction of sp³-hybridized carbons (Fsp3) is 0.872. The second-order valence-corrected chi connectivity index (χ2v) is 13.4. The number of hydrogen-bond acceptors (Lipinski definition) is 5. The summed E-state index contributed by atoms with van der Waals surface area (Å²) in [6, 6.07) is -1.24. The van der Waals surface area contributed by atoms with E-state index in [1.807, 2.05) is 6.08 Å². The maximum Gasteiger partial charge on any atom is 0.315 e. The van der Waals surface area contributed by atoms with E-state index in [1.165, 1.54) is 128 Å². The van der Waals surface area contributed by atoms with Gasteiger partial charge < -0.3 is 25.6 Å². The molecule has 0 saturated carbocycles. The number of carbonyl (C=O) groups is 3. The zero-order valence-corrected chi connectivity index (χ0v) is 30.6. The van der Waals surface area contributed by atoms with Gasteiger partial charge in [0.1, 0.15) is 6.61 Å². The van der Waals surface area contributed by atoms with Gasteiger partial charge in [-0.1, -0.05) is 174 Å². The average Bonchev–Trinajstić information content (AvgIpc) is 3.05. The third-order valence-corrected chi connectivity index (χ3v) is 8.82. The minimum Gasteiger partial charge on any atom is -0.481 e. The van der Waals surface area contributed by atoms with Crippen LogP contribution in [0, 0.1) is 0 Å². The summed E-state index contributed by atoms with van der Waals surface area (Å²) in [7, 11) is 0. The number of allylic oxidation sites excluding steroid dienone is 1. The standard InChI is InChI=1S/C39H74N2O6/c1-3-5-7-9-11-13-15-17-19-21-23-25-27-29-33-40-39(46)41-35(34-47-38(45)32-31-37(43)44)36(42)30-28-26-24-22-20-18-16-14-12-10-8-6-4-2/h28,30,35-36,42H,3-27,29,31-34H2,1-2H3,(H,43,44)(H2,40,41,46)/b30-28+/t35-,36+/m0/s1. The molecule has 0 unspecified atom stereocenters. The highest BCUT2D eigenvalue weighted by molar-refractivity contribution is 5.76. The first kappa shape index (κ1) is 44.9. The van der Waals surface area contributed by atoms with Crippen molar-refractivity contribution < 1.29 is 29.3 Å². The molecular weight excluding hydrogens is 592 g/mol. The quantitative estimate of drug-likeness (QED) is 0.0303. The second kappa shape index (κ2) is 35.2. The minimum atomic E-state index is -1.08. The number of aliphatic hydroxyl groups is 1. The Morgan fingerprint density at radius 2 is 1.04 bits per heavy atom. The van der Waals surface area contributed by atoms with E-state index in [1.54, 1.807) is 6.08 Å². The number of ether oxygens (including phenoxy) is 1. The van der Waals surface area contributed by atoms with Gasteiger partial charge in [0.05, 0.1) is 25.0 Å². The van der Waals surface area contributed by atoms with Crippen molar-refractivity contribution in [1.82, 2.24) is 10.6 Å². The molecule has 0 spiro atoms. The number of unbranched alkanes of at least 4 members (excludes halogenated alkanes) is 24. The summed E-state index contributed by atoms with van der Waals surface area (Å²) in [5, 5.41) is 25.2. The summed E-state index contributed by atoms with van der Waals surface area (Å²) in [5.41, 5.74) is 0. The monoisotopic (exact) mass is 667 g/mol. The normalized spacial score (nSPS) is 12.7. The number of hydrogen-bond donors (Lipinski definition) is 4. The molecular formula is C39H74N2O6. The van der Waals surface area contributed by atoms with Gasteiger partial charge in [-0.05, 0) is 19.3 Å². The highest BCUT2D eigenvalue weighted by Crippen LogP contribution is 2.14. The van der Waals surface area contributed by atoms with Crippen molar-refractivity contribution in [3.05, 3.63) is 12.2 Å². The van der Waals surface area contributed by atoms with Crippen molar-refractivity contribution in [1.29, 1.82) is 0 Å². The third kappa shape index (κ3) is 33.6. The molecule has 0 radical (unpaired) electrons. The van der Waals surface area contributed by atoms with Crippen molar-refractivity contribution in [2.75, 3.05) is 13.2 Å². The maximum absolute atomic E-state index is 12.6. The lowest BCUT2D eigenvalue weighted by Crippen LogP contribution is -2.50. The van der Waals surface area contributed by atoms with Crippen LogP contribution in [0.1, 0.15) is 194 Å². The molecule has 0 aromatic rings. The van der Waals surface area contributed by atoms with Crippen LogP contribution in [-0.4, -0.2) is 53.5 Å². The van der Waals surface area contributed by atoms with E-state index in [2.05, 4.69) is 24.5 Å². The van der Waals surface area contributed by atoms with Crippen molar-refractivity contribution in [2.24, 2.45) is 0 Å². The van der Waals surface area contributed by atoms with E-state index in [0.29, 0.717) is 6.54 Å².